The number of nitrogens with zero attached hydrogens (tertiary/aromatic N) is 2. The van der Waals surface area contributed by atoms with Crippen LogP contribution in [0.25, 0.3) is 10.9 Å². The molecule has 1 aromatic carbocycles. The minimum atomic E-state index is -0.387. The Kier molecular flexibility index (Phi) is 4.43. The second-order valence-corrected chi connectivity index (χ2v) is 6.52. The number of aromatic nitrogens is 2. The molecule has 3 rings (SSSR count). The van der Waals surface area contributed by atoms with Gasteiger partial charge >= 0.3 is 0 Å². The van der Waals surface area contributed by atoms with Crippen LogP contribution >= 0.6 is 0 Å². The van der Waals surface area contributed by atoms with E-state index < -0.39 is 0 Å². The summed E-state index contributed by atoms with van der Waals surface area (Å²) in [5.74, 6) is 0.468. The molecule has 1 aromatic heterocycles. The molecular formula is C19H26N4O. The Hall–Kier alpha value is -2.17. The van der Waals surface area contributed by atoms with Crippen LogP contribution < -0.4 is 11.1 Å². The summed E-state index contributed by atoms with van der Waals surface area (Å²) in [4.78, 5) is 21.6. The van der Waals surface area contributed by atoms with Crippen molar-refractivity contribution in [1.29, 1.82) is 0 Å². The smallest absolute Gasteiger partial charge is 0.230 e. The normalized spacial score (nSPS) is 16.0. The highest BCUT2D eigenvalue weighted by Crippen LogP contribution is 2.46. The van der Waals surface area contributed by atoms with Gasteiger partial charge in [0.05, 0.1) is 16.6 Å². The van der Waals surface area contributed by atoms with Crippen LogP contribution in [0.1, 0.15) is 56.9 Å². The van der Waals surface area contributed by atoms with Gasteiger partial charge < -0.3 is 11.1 Å². The van der Waals surface area contributed by atoms with E-state index in [1.54, 1.807) is 0 Å². The summed E-state index contributed by atoms with van der Waals surface area (Å²) in [7, 11) is 0. The number of aryl methyl sites for hydroxylation is 2. The van der Waals surface area contributed by atoms with Crippen LogP contribution in [-0.4, -0.2) is 22.4 Å². The van der Waals surface area contributed by atoms with Gasteiger partial charge in [0.2, 0.25) is 11.9 Å². The number of fused-ring (bicyclic) bond motifs is 1. The number of nitrogen functional groups attached to an aromatic ring is 1. The van der Waals surface area contributed by atoms with Crippen molar-refractivity contribution in [2.45, 2.75) is 58.3 Å². The number of benzene rings is 1. The zero-order valence-electron chi connectivity index (χ0n) is 14.8. The second-order valence-electron chi connectivity index (χ2n) is 6.52. The van der Waals surface area contributed by atoms with Gasteiger partial charge in [0, 0.05) is 11.9 Å². The Morgan fingerprint density at radius 1 is 1.21 bits per heavy atom. The predicted octanol–water partition coefficient (Wildman–Crippen LogP) is 2.89. The van der Waals surface area contributed by atoms with Crippen molar-refractivity contribution in [1.82, 2.24) is 15.3 Å². The van der Waals surface area contributed by atoms with Crippen molar-refractivity contribution in [3.05, 3.63) is 29.0 Å². The zero-order valence-corrected chi connectivity index (χ0v) is 14.8. The van der Waals surface area contributed by atoms with E-state index in [0.29, 0.717) is 12.5 Å². The van der Waals surface area contributed by atoms with Crippen molar-refractivity contribution in [3.8, 4) is 0 Å². The summed E-state index contributed by atoms with van der Waals surface area (Å²) in [6.07, 6.45) is 4.57. The molecule has 2 aromatic rings. The van der Waals surface area contributed by atoms with Crippen molar-refractivity contribution < 1.29 is 4.79 Å². The van der Waals surface area contributed by atoms with E-state index in [1.165, 1.54) is 5.56 Å². The molecule has 128 valence electrons. The highest BCUT2D eigenvalue weighted by atomic mass is 16.2. The monoisotopic (exact) mass is 326 g/mol. The topological polar surface area (TPSA) is 80.9 Å². The minimum absolute atomic E-state index is 0.153. The molecule has 0 radical (unpaired) electrons. The third-order valence-corrected chi connectivity index (χ3v) is 5.25. The second kappa shape index (κ2) is 6.38. The summed E-state index contributed by atoms with van der Waals surface area (Å²) in [5.41, 5.74) is 9.68. The molecule has 1 saturated carbocycles. The number of carbonyl (C=O) groups is 1. The molecule has 1 fully saturated rings. The van der Waals surface area contributed by atoms with Crippen LogP contribution in [0.2, 0.25) is 0 Å². The Balaban J connectivity index is 2.25. The number of amides is 1. The van der Waals surface area contributed by atoms with Gasteiger partial charge in [-0.1, -0.05) is 26.3 Å². The largest absolute Gasteiger partial charge is 0.368 e. The van der Waals surface area contributed by atoms with Gasteiger partial charge in [-0.05, 0) is 49.8 Å². The molecule has 24 heavy (non-hydrogen) atoms. The predicted molar refractivity (Wildman–Crippen MR) is 96.9 cm³/mol. The molecule has 0 spiro atoms. The SMILES string of the molecule is CCNC(=O)C1(c2ccc3nc(N)nc(CC)c3c2CC)CCC1. The van der Waals surface area contributed by atoms with Gasteiger partial charge in [-0.15, -0.1) is 0 Å². The Bertz CT molecular complexity index is 781. The Morgan fingerprint density at radius 2 is 1.96 bits per heavy atom. The van der Waals surface area contributed by atoms with Crippen LogP contribution in [0.4, 0.5) is 5.95 Å². The molecule has 0 bridgehead atoms. The molecule has 3 N–H and O–H groups in total. The van der Waals surface area contributed by atoms with E-state index in [-0.39, 0.29) is 11.3 Å². The van der Waals surface area contributed by atoms with Gasteiger partial charge in [0.1, 0.15) is 0 Å². The number of nitrogens with one attached hydrogen (secondary N) is 1. The number of nitrogens with two attached hydrogens (primary N) is 1. The van der Waals surface area contributed by atoms with Gasteiger partial charge in [-0.2, -0.15) is 0 Å². The summed E-state index contributed by atoms with van der Waals surface area (Å²) < 4.78 is 0. The van der Waals surface area contributed by atoms with Crippen LogP contribution in [0.3, 0.4) is 0 Å². The number of rotatable bonds is 5. The van der Waals surface area contributed by atoms with Crippen molar-refractivity contribution >= 4 is 22.8 Å². The van der Waals surface area contributed by atoms with Gasteiger partial charge in [-0.25, -0.2) is 9.97 Å². The average molecular weight is 326 g/mol. The number of hydrogen-bond acceptors (Lipinski definition) is 4. The summed E-state index contributed by atoms with van der Waals surface area (Å²) in [5, 5.41) is 4.12. The van der Waals surface area contributed by atoms with Crippen LogP contribution in [0.15, 0.2) is 12.1 Å². The minimum Gasteiger partial charge on any atom is -0.368 e. The van der Waals surface area contributed by atoms with E-state index in [1.807, 2.05) is 13.0 Å². The lowest BCUT2D eigenvalue weighted by Crippen LogP contribution is -2.49. The fourth-order valence-corrected chi connectivity index (χ4v) is 3.94. The molecule has 0 saturated heterocycles. The molecule has 0 aliphatic heterocycles. The van der Waals surface area contributed by atoms with Crippen LogP contribution in [0, 0.1) is 0 Å². The van der Waals surface area contributed by atoms with Gasteiger partial charge in [-0.3, -0.25) is 4.79 Å². The Morgan fingerprint density at radius 3 is 2.50 bits per heavy atom. The Labute approximate surface area is 143 Å². The fraction of sp³-hybridized carbons (Fsp3) is 0.526. The summed E-state index contributed by atoms with van der Waals surface area (Å²) in [6, 6.07) is 4.09. The maximum absolute atomic E-state index is 12.8. The standard InChI is InChI=1S/C19H26N4O/c1-4-12-13(19(10-7-11-19)17(24)21-6-3)8-9-15-16(12)14(5-2)22-18(20)23-15/h8-9H,4-7,10-11H2,1-3H3,(H,21,24)(H2,20,22,23). The first kappa shape index (κ1) is 16.7. The van der Waals surface area contributed by atoms with E-state index in [4.69, 9.17) is 5.73 Å². The number of likely N-dealkylation sites (N-methyl/N-ethyl adjacent to an activating group) is 1. The first-order valence-corrected chi connectivity index (χ1v) is 8.94. The first-order chi connectivity index (χ1) is 11.6. The van der Waals surface area contributed by atoms with Crippen molar-refractivity contribution in [2.75, 3.05) is 12.3 Å². The molecule has 1 aliphatic rings. The van der Waals surface area contributed by atoms with Crippen molar-refractivity contribution in [3.63, 3.8) is 0 Å². The molecule has 5 nitrogen and oxygen atoms in total. The highest BCUT2D eigenvalue weighted by molar-refractivity contribution is 5.94. The van der Waals surface area contributed by atoms with Gasteiger partial charge in [0.15, 0.2) is 0 Å². The van der Waals surface area contributed by atoms with Gasteiger partial charge in [0.25, 0.3) is 0 Å². The molecule has 1 amide bonds. The third-order valence-electron chi connectivity index (χ3n) is 5.25. The molecule has 5 heteroatoms. The molecular weight excluding hydrogens is 300 g/mol. The quantitative estimate of drug-likeness (QED) is 0.885. The van der Waals surface area contributed by atoms with Crippen molar-refractivity contribution in [2.24, 2.45) is 0 Å². The molecule has 0 unspecified atom stereocenters. The molecule has 1 heterocycles. The zero-order chi connectivity index (χ0) is 17.3. The number of hydrogen-bond donors (Lipinski definition) is 2. The van der Waals surface area contributed by atoms with E-state index in [0.717, 1.165) is 54.3 Å². The van der Waals surface area contributed by atoms with Crippen LogP contribution in [0.5, 0.6) is 0 Å². The lowest BCUT2D eigenvalue weighted by Gasteiger charge is -2.42. The average Bonchev–Trinajstić information content (AvgIpc) is 2.53. The highest BCUT2D eigenvalue weighted by Gasteiger charge is 2.46. The van der Waals surface area contributed by atoms with E-state index in [9.17, 15) is 4.79 Å². The summed E-state index contributed by atoms with van der Waals surface area (Å²) in [6.45, 7) is 6.85. The van der Waals surface area contributed by atoms with Crippen LogP contribution in [-0.2, 0) is 23.1 Å². The third kappa shape index (κ3) is 2.43. The number of carbonyl (C=O) groups excluding carboxylic acids is 1. The fourth-order valence-electron chi connectivity index (χ4n) is 3.94. The summed E-state index contributed by atoms with van der Waals surface area (Å²) >= 11 is 0. The number of anilines is 1. The lowest BCUT2D eigenvalue weighted by molar-refractivity contribution is -0.129. The molecule has 1 aliphatic carbocycles. The maximum atomic E-state index is 12.8. The first-order valence-electron chi connectivity index (χ1n) is 8.94. The molecule has 0 atom stereocenters. The maximum Gasteiger partial charge on any atom is 0.230 e. The van der Waals surface area contributed by atoms with E-state index in [2.05, 4.69) is 35.2 Å². The van der Waals surface area contributed by atoms with E-state index >= 15 is 0 Å². The lowest BCUT2D eigenvalue weighted by atomic mass is 9.62.